The van der Waals surface area contributed by atoms with Crippen molar-refractivity contribution < 1.29 is 9.59 Å². The molecule has 2 atom stereocenters. The lowest BCUT2D eigenvalue weighted by atomic mass is 10.0. The summed E-state index contributed by atoms with van der Waals surface area (Å²) in [5.41, 5.74) is 1.22. The molecule has 2 aliphatic rings. The first kappa shape index (κ1) is 17.4. The van der Waals surface area contributed by atoms with Crippen LogP contribution in [0.3, 0.4) is 0 Å². The molecule has 1 aromatic rings. The first-order valence-corrected chi connectivity index (χ1v) is 9.87. The van der Waals surface area contributed by atoms with Gasteiger partial charge in [-0.2, -0.15) is 0 Å². The molecule has 0 saturated carbocycles. The molecule has 24 heavy (non-hydrogen) atoms. The number of amides is 2. The molecule has 0 spiro atoms. The zero-order valence-corrected chi connectivity index (χ0v) is 15.6. The number of fused-ring (bicyclic) bond motifs is 1. The molecular formula is C18H27N3O2S. The largest absolute Gasteiger partial charge is 0.345 e. The molecular weight excluding hydrogens is 322 g/mol. The van der Waals surface area contributed by atoms with Gasteiger partial charge in [-0.1, -0.05) is 13.8 Å². The molecule has 3 rings (SSSR count). The first-order valence-electron chi connectivity index (χ1n) is 9.05. The fourth-order valence-electron chi connectivity index (χ4n) is 3.69. The number of carbonyl (C=O) groups is 2. The second-order valence-corrected chi connectivity index (χ2v) is 8.35. The van der Waals surface area contributed by atoms with Crippen LogP contribution in [-0.2, 0) is 22.4 Å². The lowest BCUT2D eigenvalue weighted by Crippen LogP contribution is -2.50. The van der Waals surface area contributed by atoms with Crippen molar-refractivity contribution in [1.82, 2.24) is 15.2 Å². The highest BCUT2D eigenvalue weighted by Gasteiger charge is 2.35. The van der Waals surface area contributed by atoms with Gasteiger partial charge in [-0.05, 0) is 44.9 Å². The third-order valence-corrected chi connectivity index (χ3v) is 6.28. The van der Waals surface area contributed by atoms with Crippen molar-refractivity contribution in [1.29, 1.82) is 0 Å². The minimum Gasteiger partial charge on any atom is -0.345 e. The molecule has 1 aromatic heterocycles. The highest BCUT2D eigenvalue weighted by molar-refractivity contribution is 7.11. The second kappa shape index (κ2) is 7.21. The smallest absolute Gasteiger partial charge is 0.243 e. The van der Waals surface area contributed by atoms with E-state index in [9.17, 15) is 9.59 Å². The van der Waals surface area contributed by atoms with E-state index in [2.05, 4.69) is 5.32 Å². The fourth-order valence-corrected chi connectivity index (χ4v) is 4.84. The minimum atomic E-state index is -0.378. The van der Waals surface area contributed by atoms with Gasteiger partial charge >= 0.3 is 0 Å². The monoisotopic (exact) mass is 349 g/mol. The molecule has 132 valence electrons. The number of hydrogen-bond acceptors (Lipinski definition) is 4. The summed E-state index contributed by atoms with van der Waals surface area (Å²) in [6, 6.07) is -0.482. The van der Waals surface area contributed by atoms with Crippen LogP contribution in [0.2, 0.25) is 0 Å². The number of rotatable bonds is 5. The summed E-state index contributed by atoms with van der Waals surface area (Å²) in [4.78, 5) is 32.7. The molecule has 5 nitrogen and oxygen atoms in total. The third-order valence-electron chi connectivity index (χ3n) is 4.94. The summed E-state index contributed by atoms with van der Waals surface area (Å²) < 4.78 is 0. The summed E-state index contributed by atoms with van der Waals surface area (Å²) in [5, 5.41) is 4.09. The standard InChI is InChI=1S/C18H27N3O2S/c1-11(2)16(21-10-6-9-15(21)22)17(23)19-12(3)18-20-13-7-4-5-8-14(13)24-18/h11-12,16H,4-10H2,1-3H3,(H,19,23)/t12-,16+/m0/s1. The van der Waals surface area contributed by atoms with E-state index in [1.54, 1.807) is 16.2 Å². The molecule has 0 aromatic carbocycles. The fraction of sp³-hybridized carbons (Fsp3) is 0.722. The SMILES string of the molecule is CC(C)[C@H](C(=O)N[C@@H](C)c1nc2c(s1)CCCC2)N1CCCC1=O. The van der Waals surface area contributed by atoms with Crippen LogP contribution in [0.5, 0.6) is 0 Å². The Labute approximate surface area is 147 Å². The molecule has 2 heterocycles. The topological polar surface area (TPSA) is 62.3 Å². The van der Waals surface area contributed by atoms with E-state index < -0.39 is 0 Å². The molecule has 1 aliphatic carbocycles. The van der Waals surface area contributed by atoms with Crippen molar-refractivity contribution in [2.45, 2.75) is 71.4 Å². The predicted molar refractivity (Wildman–Crippen MR) is 94.9 cm³/mol. The van der Waals surface area contributed by atoms with Crippen LogP contribution in [0.1, 0.15) is 68.1 Å². The number of carbonyl (C=O) groups excluding carboxylic acids is 2. The van der Waals surface area contributed by atoms with Gasteiger partial charge in [-0.15, -0.1) is 11.3 Å². The van der Waals surface area contributed by atoms with Crippen molar-refractivity contribution in [2.75, 3.05) is 6.54 Å². The van der Waals surface area contributed by atoms with Gasteiger partial charge in [0.25, 0.3) is 0 Å². The maximum absolute atomic E-state index is 12.8. The van der Waals surface area contributed by atoms with E-state index in [1.165, 1.54) is 23.4 Å². The third kappa shape index (κ3) is 3.48. The normalized spacial score (nSPS) is 20.2. The van der Waals surface area contributed by atoms with Crippen LogP contribution in [0.4, 0.5) is 0 Å². The van der Waals surface area contributed by atoms with E-state index in [1.807, 2.05) is 20.8 Å². The Morgan fingerprint density at radius 1 is 1.17 bits per heavy atom. The van der Waals surface area contributed by atoms with Gasteiger partial charge in [-0.25, -0.2) is 4.98 Å². The molecule has 1 N–H and O–H groups in total. The molecule has 0 unspecified atom stereocenters. The summed E-state index contributed by atoms with van der Waals surface area (Å²) in [7, 11) is 0. The molecule has 1 saturated heterocycles. The Bertz CT molecular complexity index is 602. The maximum atomic E-state index is 12.8. The zero-order chi connectivity index (χ0) is 17.3. The molecule has 1 fully saturated rings. The average Bonchev–Trinajstić information content (AvgIpc) is 3.13. The Kier molecular flexibility index (Phi) is 5.23. The van der Waals surface area contributed by atoms with Crippen molar-refractivity contribution in [3.8, 4) is 0 Å². The minimum absolute atomic E-state index is 0.0547. The van der Waals surface area contributed by atoms with Gasteiger partial charge in [0.2, 0.25) is 11.8 Å². The Morgan fingerprint density at radius 3 is 2.54 bits per heavy atom. The number of nitrogens with zero attached hydrogens (tertiary/aromatic N) is 2. The lowest BCUT2D eigenvalue weighted by Gasteiger charge is -2.30. The van der Waals surface area contributed by atoms with Crippen LogP contribution in [0, 0.1) is 5.92 Å². The van der Waals surface area contributed by atoms with Crippen molar-refractivity contribution in [2.24, 2.45) is 5.92 Å². The van der Waals surface area contributed by atoms with E-state index >= 15 is 0 Å². The van der Waals surface area contributed by atoms with Crippen molar-refractivity contribution in [3.63, 3.8) is 0 Å². The van der Waals surface area contributed by atoms with Gasteiger partial charge < -0.3 is 10.2 Å². The maximum Gasteiger partial charge on any atom is 0.243 e. The van der Waals surface area contributed by atoms with E-state index in [0.717, 1.165) is 24.3 Å². The van der Waals surface area contributed by atoms with Gasteiger partial charge in [-0.3, -0.25) is 9.59 Å². The van der Waals surface area contributed by atoms with Crippen molar-refractivity contribution >= 4 is 23.2 Å². The second-order valence-electron chi connectivity index (χ2n) is 7.24. The van der Waals surface area contributed by atoms with Crippen LogP contribution in [0.25, 0.3) is 0 Å². The van der Waals surface area contributed by atoms with Gasteiger partial charge in [0.1, 0.15) is 11.0 Å². The zero-order valence-electron chi connectivity index (χ0n) is 14.8. The van der Waals surface area contributed by atoms with Gasteiger partial charge in [0.15, 0.2) is 0 Å². The van der Waals surface area contributed by atoms with E-state index in [4.69, 9.17) is 4.98 Å². The summed E-state index contributed by atoms with van der Waals surface area (Å²) in [6.45, 7) is 6.69. The molecule has 0 bridgehead atoms. The van der Waals surface area contributed by atoms with E-state index in [0.29, 0.717) is 13.0 Å². The summed E-state index contributed by atoms with van der Waals surface area (Å²) in [6.07, 6.45) is 6.04. The number of aryl methyl sites for hydroxylation is 2. The molecule has 0 radical (unpaired) electrons. The molecule has 1 aliphatic heterocycles. The molecule has 6 heteroatoms. The predicted octanol–water partition coefficient (Wildman–Crippen LogP) is 2.85. The summed E-state index contributed by atoms with van der Waals surface area (Å²) in [5.74, 6) is 0.144. The quantitative estimate of drug-likeness (QED) is 0.889. The van der Waals surface area contributed by atoms with Crippen LogP contribution < -0.4 is 5.32 Å². The Balaban J connectivity index is 1.70. The number of aromatic nitrogens is 1. The van der Waals surface area contributed by atoms with Crippen LogP contribution in [-0.4, -0.2) is 34.3 Å². The first-order chi connectivity index (χ1) is 11.5. The van der Waals surface area contributed by atoms with Crippen molar-refractivity contribution in [3.05, 3.63) is 15.6 Å². The highest BCUT2D eigenvalue weighted by Crippen LogP contribution is 2.30. The Morgan fingerprint density at radius 2 is 1.92 bits per heavy atom. The number of thiazole rings is 1. The number of hydrogen-bond donors (Lipinski definition) is 1. The Hall–Kier alpha value is -1.43. The van der Waals surface area contributed by atoms with Crippen LogP contribution in [0.15, 0.2) is 0 Å². The van der Waals surface area contributed by atoms with Gasteiger partial charge in [0, 0.05) is 17.8 Å². The number of likely N-dealkylation sites (tertiary alicyclic amines) is 1. The van der Waals surface area contributed by atoms with E-state index in [-0.39, 0.29) is 29.8 Å². The summed E-state index contributed by atoms with van der Waals surface area (Å²) >= 11 is 1.73. The number of nitrogens with one attached hydrogen (secondary N) is 1. The lowest BCUT2D eigenvalue weighted by molar-refractivity contribution is -0.139. The van der Waals surface area contributed by atoms with Gasteiger partial charge in [0.05, 0.1) is 11.7 Å². The molecule has 2 amide bonds. The highest BCUT2D eigenvalue weighted by atomic mass is 32.1. The van der Waals surface area contributed by atoms with Crippen LogP contribution >= 0.6 is 11.3 Å². The average molecular weight is 350 g/mol.